The van der Waals surface area contributed by atoms with Gasteiger partial charge in [-0.05, 0) is 48.5 Å². The number of hydrogen-bond acceptors (Lipinski definition) is 6. The number of nitrogens with one attached hydrogen (secondary N) is 1. The third kappa shape index (κ3) is 4.59. The fourth-order valence-electron chi connectivity index (χ4n) is 2.54. The van der Waals surface area contributed by atoms with Gasteiger partial charge in [-0.3, -0.25) is 4.79 Å². The van der Waals surface area contributed by atoms with Gasteiger partial charge >= 0.3 is 0 Å². The standard InChI is InChI=1S/C21H15ClN4O3/c22-19-17(7-4-12-23-19)20(27)24-15-8-10-16(11-9-15)28-13-18-25-26-21(29-18)14-5-2-1-3-6-14/h1-12H,13H2,(H,24,27). The molecule has 0 saturated carbocycles. The second-order valence-electron chi connectivity index (χ2n) is 5.98. The second kappa shape index (κ2) is 8.53. The van der Waals surface area contributed by atoms with Gasteiger partial charge < -0.3 is 14.5 Å². The monoisotopic (exact) mass is 406 g/mol. The van der Waals surface area contributed by atoms with Crippen molar-refractivity contribution in [3.63, 3.8) is 0 Å². The Balaban J connectivity index is 1.35. The van der Waals surface area contributed by atoms with E-state index < -0.39 is 0 Å². The van der Waals surface area contributed by atoms with Crippen molar-refractivity contribution in [1.82, 2.24) is 15.2 Å². The number of ether oxygens (including phenoxy) is 1. The van der Waals surface area contributed by atoms with Gasteiger partial charge in [0.2, 0.25) is 5.89 Å². The number of rotatable bonds is 6. The van der Waals surface area contributed by atoms with Gasteiger partial charge in [0.1, 0.15) is 10.9 Å². The first-order valence-electron chi connectivity index (χ1n) is 8.71. The number of pyridine rings is 1. The molecule has 4 rings (SSSR count). The minimum Gasteiger partial charge on any atom is -0.484 e. The van der Waals surface area contributed by atoms with Crippen LogP contribution in [-0.2, 0) is 6.61 Å². The summed E-state index contributed by atoms with van der Waals surface area (Å²) in [7, 11) is 0. The number of anilines is 1. The van der Waals surface area contributed by atoms with Crippen LogP contribution in [0.4, 0.5) is 5.69 Å². The molecule has 0 saturated heterocycles. The lowest BCUT2D eigenvalue weighted by Crippen LogP contribution is -2.12. The van der Waals surface area contributed by atoms with Crippen LogP contribution in [0.1, 0.15) is 16.2 Å². The van der Waals surface area contributed by atoms with Crippen molar-refractivity contribution in [2.24, 2.45) is 0 Å². The first-order chi connectivity index (χ1) is 14.2. The molecule has 0 unspecified atom stereocenters. The quantitative estimate of drug-likeness (QED) is 0.470. The van der Waals surface area contributed by atoms with Gasteiger partial charge in [0.25, 0.3) is 11.8 Å². The molecule has 1 N–H and O–H groups in total. The molecule has 0 spiro atoms. The van der Waals surface area contributed by atoms with E-state index in [-0.39, 0.29) is 17.7 Å². The van der Waals surface area contributed by atoms with Crippen molar-refractivity contribution >= 4 is 23.2 Å². The van der Waals surface area contributed by atoms with Crippen LogP contribution in [0.15, 0.2) is 77.3 Å². The number of nitrogens with zero attached hydrogens (tertiary/aromatic N) is 3. The summed E-state index contributed by atoms with van der Waals surface area (Å²) in [4.78, 5) is 16.2. The van der Waals surface area contributed by atoms with E-state index in [0.29, 0.717) is 28.8 Å². The Kier molecular flexibility index (Phi) is 5.49. The van der Waals surface area contributed by atoms with Gasteiger partial charge in [-0.15, -0.1) is 10.2 Å². The van der Waals surface area contributed by atoms with Crippen LogP contribution in [-0.4, -0.2) is 21.1 Å². The Morgan fingerprint density at radius 1 is 1.00 bits per heavy atom. The average molecular weight is 407 g/mol. The maximum absolute atomic E-state index is 12.3. The Morgan fingerprint density at radius 2 is 1.79 bits per heavy atom. The number of carbonyl (C=O) groups excluding carboxylic acids is 1. The molecule has 0 aliphatic heterocycles. The van der Waals surface area contributed by atoms with Gasteiger partial charge in [0.15, 0.2) is 6.61 Å². The predicted octanol–water partition coefficient (Wildman–Crippen LogP) is 4.62. The zero-order valence-electron chi connectivity index (χ0n) is 15.1. The van der Waals surface area contributed by atoms with E-state index in [0.717, 1.165) is 5.56 Å². The molecule has 29 heavy (non-hydrogen) atoms. The van der Waals surface area contributed by atoms with Crippen LogP contribution >= 0.6 is 11.6 Å². The van der Waals surface area contributed by atoms with E-state index in [1.165, 1.54) is 6.20 Å². The molecule has 0 aliphatic rings. The highest BCUT2D eigenvalue weighted by atomic mass is 35.5. The molecule has 0 atom stereocenters. The Labute approximate surface area is 171 Å². The van der Waals surface area contributed by atoms with E-state index in [9.17, 15) is 4.79 Å². The fourth-order valence-corrected chi connectivity index (χ4v) is 2.75. The SMILES string of the molecule is O=C(Nc1ccc(OCc2nnc(-c3ccccc3)o2)cc1)c1cccnc1Cl. The Bertz CT molecular complexity index is 1110. The number of aromatic nitrogens is 3. The molecule has 2 aromatic carbocycles. The molecular formula is C21H15ClN4O3. The molecule has 0 radical (unpaired) electrons. The average Bonchev–Trinajstić information content (AvgIpc) is 3.23. The van der Waals surface area contributed by atoms with Crippen molar-refractivity contribution in [1.29, 1.82) is 0 Å². The fraction of sp³-hybridized carbons (Fsp3) is 0.0476. The summed E-state index contributed by atoms with van der Waals surface area (Å²) in [6.07, 6.45) is 1.53. The highest BCUT2D eigenvalue weighted by Gasteiger charge is 2.11. The molecule has 0 fully saturated rings. The van der Waals surface area contributed by atoms with Crippen LogP contribution < -0.4 is 10.1 Å². The van der Waals surface area contributed by atoms with Crippen LogP contribution in [0.2, 0.25) is 5.15 Å². The molecule has 4 aromatic rings. The van der Waals surface area contributed by atoms with Crippen LogP contribution in [0.3, 0.4) is 0 Å². The summed E-state index contributed by atoms with van der Waals surface area (Å²) in [5.74, 6) is 1.07. The van der Waals surface area contributed by atoms with Crippen molar-refractivity contribution in [3.8, 4) is 17.2 Å². The van der Waals surface area contributed by atoms with Crippen molar-refractivity contribution in [2.75, 3.05) is 5.32 Å². The third-order valence-corrected chi connectivity index (χ3v) is 4.27. The summed E-state index contributed by atoms with van der Waals surface area (Å²) < 4.78 is 11.3. The number of carbonyl (C=O) groups is 1. The second-order valence-corrected chi connectivity index (χ2v) is 6.33. The Hall–Kier alpha value is -3.71. The first-order valence-corrected chi connectivity index (χ1v) is 9.09. The number of hydrogen-bond donors (Lipinski definition) is 1. The van der Waals surface area contributed by atoms with Crippen LogP contribution in [0.5, 0.6) is 5.75 Å². The number of benzene rings is 2. The molecule has 2 heterocycles. The zero-order valence-corrected chi connectivity index (χ0v) is 15.8. The van der Waals surface area contributed by atoms with Crippen LogP contribution in [0.25, 0.3) is 11.5 Å². The summed E-state index contributed by atoms with van der Waals surface area (Å²) >= 11 is 5.94. The lowest BCUT2D eigenvalue weighted by Gasteiger charge is -2.08. The zero-order chi connectivity index (χ0) is 20.1. The molecule has 0 bridgehead atoms. The van der Waals surface area contributed by atoms with E-state index >= 15 is 0 Å². The molecule has 144 valence electrons. The van der Waals surface area contributed by atoms with Crippen LogP contribution in [0, 0.1) is 0 Å². The van der Waals surface area contributed by atoms with Crippen molar-refractivity contribution in [2.45, 2.75) is 6.61 Å². The topological polar surface area (TPSA) is 90.1 Å². The molecule has 0 aliphatic carbocycles. The third-order valence-electron chi connectivity index (χ3n) is 3.97. The van der Waals surface area contributed by atoms with Gasteiger partial charge in [-0.1, -0.05) is 29.8 Å². The molecule has 7 nitrogen and oxygen atoms in total. The van der Waals surface area contributed by atoms with E-state index in [4.69, 9.17) is 20.8 Å². The van der Waals surface area contributed by atoms with E-state index in [1.807, 2.05) is 30.3 Å². The summed E-state index contributed by atoms with van der Waals surface area (Å²) in [6.45, 7) is 0.136. The minimum absolute atomic E-state index is 0.136. The highest BCUT2D eigenvalue weighted by molar-refractivity contribution is 6.33. The summed E-state index contributed by atoms with van der Waals surface area (Å²) in [5.41, 5.74) is 1.76. The van der Waals surface area contributed by atoms with Gasteiger partial charge in [0.05, 0.1) is 5.56 Å². The smallest absolute Gasteiger partial charge is 0.258 e. The van der Waals surface area contributed by atoms with Gasteiger partial charge in [0, 0.05) is 17.4 Å². The van der Waals surface area contributed by atoms with E-state index in [1.54, 1.807) is 36.4 Å². The first kappa shape index (κ1) is 18.6. The van der Waals surface area contributed by atoms with Crippen molar-refractivity contribution < 1.29 is 13.9 Å². The number of amides is 1. The predicted molar refractivity (Wildman–Crippen MR) is 108 cm³/mol. The molecular weight excluding hydrogens is 392 g/mol. The molecule has 2 aromatic heterocycles. The Morgan fingerprint density at radius 3 is 2.55 bits per heavy atom. The van der Waals surface area contributed by atoms with Crippen molar-refractivity contribution in [3.05, 3.63) is 89.5 Å². The largest absolute Gasteiger partial charge is 0.484 e. The molecule has 1 amide bonds. The lowest BCUT2D eigenvalue weighted by molar-refractivity contribution is 0.102. The lowest BCUT2D eigenvalue weighted by atomic mass is 10.2. The number of halogens is 1. The maximum Gasteiger partial charge on any atom is 0.258 e. The minimum atomic E-state index is -0.337. The normalized spacial score (nSPS) is 10.5. The molecule has 8 heteroatoms. The summed E-state index contributed by atoms with van der Waals surface area (Å²) in [6, 6.07) is 19.7. The van der Waals surface area contributed by atoms with Gasteiger partial charge in [-0.2, -0.15) is 0 Å². The van der Waals surface area contributed by atoms with Gasteiger partial charge in [-0.25, -0.2) is 4.98 Å². The highest BCUT2D eigenvalue weighted by Crippen LogP contribution is 2.21. The summed E-state index contributed by atoms with van der Waals surface area (Å²) in [5, 5.41) is 10.9. The van der Waals surface area contributed by atoms with E-state index in [2.05, 4.69) is 20.5 Å². The maximum atomic E-state index is 12.3.